The molecule has 2 unspecified atom stereocenters. The van der Waals surface area contributed by atoms with Crippen LogP contribution < -0.4 is 0 Å². The van der Waals surface area contributed by atoms with Crippen LogP contribution in [0.1, 0.15) is 52.4 Å². The van der Waals surface area contributed by atoms with E-state index in [0.29, 0.717) is 12.6 Å². The summed E-state index contributed by atoms with van der Waals surface area (Å²) < 4.78 is 4.79. The van der Waals surface area contributed by atoms with Crippen LogP contribution in [0.4, 0.5) is 0 Å². The van der Waals surface area contributed by atoms with E-state index in [4.69, 9.17) is 4.74 Å². The Balaban J connectivity index is 2.52. The van der Waals surface area contributed by atoms with Crippen LogP contribution in [-0.4, -0.2) is 37.1 Å². The van der Waals surface area contributed by atoms with E-state index >= 15 is 0 Å². The summed E-state index contributed by atoms with van der Waals surface area (Å²) in [7, 11) is 1.47. The second kappa shape index (κ2) is 7.70. The minimum Gasteiger partial charge on any atom is -0.468 e. The number of rotatable bonds is 6. The van der Waals surface area contributed by atoms with Gasteiger partial charge in [-0.15, -0.1) is 0 Å². The highest BCUT2D eigenvalue weighted by atomic mass is 16.5. The summed E-state index contributed by atoms with van der Waals surface area (Å²) >= 11 is 0. The molecule has 0 aromatic rings. The third-order valence-electron chi connectivity index (χ3n) is 3.92. The number of nitrogens with zero attached hydrogens (tertiary/aromatic N) is 1. The topological polar surface area (TPSA) is 29.5 Å². The maximum atomic E-state index is 11.4. The van der Waals surface area contributed by atoms with Crippen molar-refractivity contribution in [2.24, 2.45) is 5.92 Å². The van der Waals surface area contributed by atoms with Gasteiger partial charge < -0.3 is 4.74 Å². The van der Waals surface area contributed by atoms with Crippen LogP contribution in [0, 0.1) is 5.92 Å². The van der Waals surface area contributed by atoms with E-state index in [1.807, 2.05) is 0 Å². The largest absolute Gasteiger partial charge is 0.468 e. The first kappa shape index (κ1) is 14.5. The fourth-order valence-corrected chi connectivity index (χ4v) is 2.87. The van der Waals surface area contributed by atoms with Gasteiger partial charge in [0.15, 0.2) is 0 Å². The molecule has 3 heteroatoms. The van der Waals surface area contributed by atoms with Crippen LogP contribution in [0.25, 0.3) is 0 Å². The van der Waals surface area contributed by atoms with Gasteiger partial charge in [-0.3, -0.25) is 9.69 Å². The molecule has 0 aliphatic heterocycles. The Morgan fingerprint density at radius 2 is 2.12 bits per heavy atom. The molecule has 0 amide bonds. The molecule has 3 nitrogen and oxygen atoms in total. The molecule has 0 aromatic carbocycles. The third kappa shape index (κ3) is 4.66. The van der Waals surface area contributed by atoms with Gasteiger partial charge in [0.2, 0.25) is 0 Å². The molecule has 1 rings (SSSR count). The first-order valence-corrected chi connectivity index (χ1v) is 7.02. The molecule has 1 fully saturated rings. The van der Waals surface area contributed by atoms with Gasteiger partial charge in [0.05, 0.1) is 13.7 Å². The van der Waals surface area contributed by atoms with E-state index in [9.17, 15) is 4.79 Å². The fourth-order valence-electron chi connectivity index (χ4n) is 2.87. The molecule has 100 valence electrons. The van der Waals surface area contributed by atoms with Crippen LogP contribution in [-0.2, 0) is 9.53 Å². The average molecular weight is 241 g/mol. The Hall–Kier alpha value is -0.570. The summed E-state index contributed by atoms with van der Waals surface area (Å²) in [5, 5.41) is 0. The van der Waals surface area contributed by atoms with Crippen molar-refractivity contribution in [1.29, 1.82) is 0 Å². The summed E-state index contributed by atoms with van der Waals surface area (Å²) in [5.74, 6) is 0.753. The van der Waals surface area contributed by atoms with Crippen molar-refractivity contribution in [2.75, 3.05) is 20.2 Å². The zero-order chi connectivity index (χ0) is 12.7. The van der Waals surface area contributed by atoms with E-state index in [0.717, 1.165) is 18.9 Å². The Morgan fingerprint density at radius 3 is 2.71 bits per heavy atom. The number of methoxy groups -OCH3 is 1. The molecule has 1 aliphatic rings. The van der Waals surface area contributed by atoms with E-state index in [1.54, 1.807) is 0 Å². The van der Waals surface area contributed by atoms with E-state index < -0.39 is 0 Å². The van der Waals surface area contributed by atoms with Gasteiger partial charge in [0.25, 0.3) is 0 Å². The molecule has 0 saturated heterocycles. The Labute approximate surface area is 106 Å². The highest BCUT2D eigenvalue weighted by Crippen LogP contribution is 2.29. The molecule has 0 spiro atoms. The summed E-state index contributed by atoms with van der Waals surface area (Å²) in [4.78, 5) is 13.8. The summed E-state index contributed by atoms with van der Waals surface area (Å²) in [6.45, 7) is 5.92. The van der Waals surface area contributed by atoms with Crippen molar-refractivity contribution in [1.82, 2.24) is 4.90 Å². The third-order valence-corrected chi connectivity index (χ3v) is 3.92. The van der Waals surface area contributed by atoms with Crippen LogP contribution in [0.3, 0.4) is 0 Å². The molecule has 2 atom stereocenters. The summed E-state index contributed by atoms with van der Waals surface area (Å²) in [6.07, 6.45) is 7.55. The lowest BCUT2D eigenvalue weighted by Crippen LogP contribution is -2.42. The highest BCUT2D eigenvalue weighted by Gasteiger charge is 2.26. The van der Waals surface area contributed by atoms with Gasteiger partial charge in [-0.25, -0.2) is 0 Å². The first-order valence-electron chi connectivity index (χ1n) is 7.02. The minimum absolute atomic E-state index is 0.0999. The smallest absolute Gasteiger partial charge is 0.319 e. The molecule has 1 saturated carbocycles. The molecule has 17 heavy (non-hydrogen) atoms. The number of ether oxygens (including phenoxy) is 1. The number of carbonyl (C=O) groups is 1. The van der Waals surface area contributed by atoms with Gasteiger partial charge in [0, 0.05) is 6.04 Å². The normalized spacial score (nSPS) is 24.9. The summed E-state index contributed by atoms with van der Waals surface area (Å²) in [6, 6.07) is 0.591. The molecule has 0 aromatic heterocycles. The molecule has 0 N–H and O–H groups in total. The maximum absolute atomic E-state index is 11.4. The first-order chi connectivity index (χ1) is 8.21. The van der Waals surface area contributed by atoms with Crippen molar-refractivity contribution < 1.29 is 9.53 Å². The second-order valence-electron chi connectivity index (χ2n) is 5.14. The lowest BCUT2D eigenvalue weighted by molar-refractivity contribution is -0.142. The van der Waals surface area contributed by atoms with Crippen LogP contribution in [0.2, 0.25) is 0 Å². The highest BCUT2D eigenvalue weighted by molar-refractivity contribution is 5.71. The summed E-state index contributed by atoms with van der Waals surface area (Å²) in [5.41, 5.74) is 0. The standard InChI is InChI=1S/C14H27NO2/c1-4-9-15(11-14(16)17-3)13-8-6-7-12(5-2)10-13/h12-13H,4-11H2,1-3H3. The predicted molar refractivity (Wildman–Crippen MR) is 69.9 cm³/mol. The maximum Gasteiger partial charge on any atom is 0.319 e. The lowest BCUT2D eigenvalue weighted by atomic mass is 9.83. The number of hydrogen-bond donors (Lipinski definition) is 0. The molecular formula is C14H27NO2. The van der Waals surface area contributed by atoms with Crippen LogP contribution in [0.5, 0.6) is 0 Å². The molecule has 0 bridgehead atoms. The van der Waals surface area contributed by atoms with Crippen LogP contribution >= 0.6 is 0 Å². The average Bonchev–Trinajstić information content (AvgIpc) is 2.38. The lowest BCUT2D eigenvalue weighted by Gasteiger charge is -2.36. The van der Waals surface area contributed by atoms with Crippen molar-refractivity contribution in [3.8, 4) is 0 Å². The number of hydrogen-bond acceptors (Lipinski definition) is 3. The van der Waals surface area contributed by atoms with Gasteiger partial charge in [-0.05, 0) is 31.7 Å². The zero-order valence-corrected chi connectivity index (χ0v) is 11.6. The quantitative estimate of drug-likeness (QED) is 0.670. The monoisotopic (exact) mass is 241 g/mol. The number of carbonyl (C=O) groups excluding carboxylic acids is 1. The SMILES string of the molecule is CCCN(CC(=O)OC)C1CCCC(CC)C1. The molecule has 0 radical (unpaired) electrons. The van der Waals surface area contributed by atoms with E-state index in [2.05, 4.69) is 18.7 Å². The van der Waals surface area contributed by atoms with Crippen molar-refractivity contribution in [3.63, 3.8) is 0 Å². The Kier molecular flexibility index (Phi) is 6.56. The number of esters is 1. The van der Waals surface area contributed by atoms with Gasteiger partial charge in [-0.2, -0.15) is 0 Å². The zero-order valence-electron chi connectivity index (χ0n) is 11.6. The van der Waals surface area contributed by atoms with E-state index in [-0.39, 0.29) is 5.97 Å². The fraction of sp³-hybridized carbons (Fsp3) is 0.929. The molecule has 0 heterocycles. The molecule has 1 aliphatic carbocycles. The van der Waals surface area contributed by atoms with Crippen molar-refractivity contribution in [2.45, 2.75) is 58.4 Å². The Morgan fingerprint density at radius 1 is 1.35 bits per heavy atom. The second-order valence-corrected chi connectivity index (χ2v) is 5.14. The van der Waals surface area contributed by atoms with Gasteiger partial charge in [-0.1, -0.05) is 33.1 Å². The van der Waals surface area contributed by atoms with Gasteiger partial charge in [0.1, 0.15) is 0 Å². The van der Waals surface area contributed by atoms with Crippen LogP contribution in [0.15, 0.2) is 0 Å². The van der Waals surface area contributed by atoms with Crippen molar-refractivity contribution >= 4 is 5.97 Å². The predicted octanol–water partition coefficient (Wildman–Crippen LogP) is 2.84. The minimum atomic E-state index is -0.0999. The van der Waals surface area contributed by atoms with Gasteiger partial charge >= 0.3 is 5.97 Å². The van der Waals surface area contributed by atoms with Crippen molar-refractivity contribution in [3.05, 3.63) is 0 Å². The van der Waals surface area contributed by atoms with E-state index in [1.165, 1.54) is 39.2 Å². The Bertz CT molecular complexity index is 230. The molecular weight excluding hydrogens is 214 g/mol.